The number of carbonyl (C=O) groups is 1. The van der Waals surface area contributed by atoms with E-state index in [1.807, 2.05) is 30.3 Å². The normalized spacial score (nSPS) is 14.2. The fourth-order valence-electron chi connectivity index (χ4n) is 3.53. The van der Waals surface area contributed by atoms with Crippen molar-refractivity contribution in [1.82, 2.24) is 20.4 Å². The van der Waals surface area contributed by atoms with Crippen molar-refractivity contribution in [2.75, 3.05) is 20.2 Å². The minimum absolute atomic E-state index is 0.0290. The second kappa shape index (κ2) is 9.88. The summed E-state index contributed by atoms with van der Waals surface area (Å²) >= 11 is 6.34. The van der Waals surface area contributed by atoms with Crippen LogP contribution in [-0.2, 0) is 6.54 Å². The van der Waals surface area contributed by atoms with Crippen molar-refractivity contribution in [2.24, 2.45) is 0 Å². The summed E-state index contributed by atoms with van der Waals surface area (Å²) < 4.78 is 17.5. The zero-order chi connectivity index (χ0) is 22.5. The summed E-state index contributed by atoms with van der Waals surface area (Å²) in [6.07, 6.45) is 0.913. The fourth-order valence-corrected chi connectivity index (χ4v) is 3.74. The van der Waals surface area contributed by atoms with Crippen LogP contribution >= 0.6 is 11.6 Å². The summed E-state index contributed by atoms with van der Waals surface area (Å²) in [6, 6.07) is 12.4. The molecule has 1 aliphatic heterocycles. The minimum Gasteiger partial charge on any atom is -0.496 e. The number of halogens is 1. The van der Waals surface area contributed by atoms with Crippen molar-refractivity contribution < 1.29 is 18.7 Å². The van der Waals surface area contributed by atoms with Gasteiger partial charge in [0.05, 0.1) is 23.7 Å². The van der Waals surface area contributed by atoms with Gasteiger partial charge >= 0.3 is 11.8 Å². The smallest absolute Gasteiger partial charge is 0.437 e. The van der Waals surface area contributed by atoms with Gasteiger partial charge in [-0.25, -0.2) is 9.59 Å². The summed E-state index contributed by atoms with van der Waals surface area (Å²) in [5, 5.41) is 10.4. The molecule has 0 spiro atoms. The van der Waals surface area contributed by atoms with Gasteiger partial charge in [0.2, 0.25) is 0 Å². The molecule has 4 rings (SSSR count). The van der Waals surface area contributed by atoms with Gasteiger partial charge in [0.15, 0.2) is 5.75 Å². The van der Waals surface area contributed by atoms with Crippen molar-refractivity contribution in [1.29, 1.82) is 0 Å². The topological polar surface area (TPSA) is 108 Å². The first-order valence-corrected chi connectivity index (χ1v) is 10.6. The van der Waals surface area contributed by atoms with Crippen LogP contribution in [0.3, 0.4) is 0 Å². The molecule has 0 bridgehead atoms. The molecular formula is C22H23ClN4O5. The maximum absolute atomic E-state index is 12.4. The number of methoxy groups -OCH3 is 1. The van der Waals surface area contributed by atoms with Crippen LogP contribution in [0, 0.1) is 0 Å². The molecule has 1 fully saturated rings. The third-order valence-corrected chi connectivity index (χ3v) is 5.49. The largest absolute Gasteiger partial charge is 0.496 e. The molecule has 0 radical (unpaired) electrons. The molecule has 0 atom stereocenters. The van der Waals surface area contributed by atoms with Crippen molar-refractivity contribution in [3.8, 4) is 23.0 Å². The summed E-state index contributed by atoms with van der Waals surface area (Å²) in [7, 11) is 1.45. The highest BCUT2D eigenvalue weighted by atomic mass is 35.5. The lowest BCUT2D eigenvalue weighted by atomic mass is 10.1. The second-order valence-electron chi connectivity index (χ2n) is 7.31. The number of hydrogen-bond donors (Lipinski definition) is 2. The number of nitrogens with zero attached hydrogens (tertiary/aromatic N) is 2. The molecule has 1 saturated heterocycles. The number of amides is 1. The highest BCUT2D eigenvalue weighted by molar-refractivity contribution is 6.32. The number of rotatable bonds is 6. The molecule has 0 unspecified atom stereocenters. The van der Waals surface area contributed by atoms with E-state index in [-0.39, 0.29) is 22.7 Å². The molecule has 2 aromatic carbocycles. The predicted molar refractivity (Wildman–Crippen MR) is 118 cm³/mol. The number of carbonyl (C=O) groups excluding carboxylic acids is 1. The molecule has 3 aromatic rings. The molecule has 10 heteroatoms. The van der Waals surface area contributed by atoms with E-state index >= 15 is 0 Å². The van der Waals surface area contributed by atoms with Gasteiger partial charge in [-0.1, -0.05) is 41.9 Å². The maximum atomic E-state index is 12.4. The Morgan fingerprint density at radius 3 is 2.72 bits per heavy atom. The van der Waals surface area contributed by atoms with E-state index in [1.165, 1.54) is 23.9 Å². The third kappa shape index (κ3) is 4.95. The minimum atomic E-state index is -0.660. The Kier molecular flexibility index (Phi) is 6.77. The fraction of sp³-hybridized carbons (Fsp3) is 0.318. The van der Waals surface area contributed by atoms with Crippen molar-refractivity contribution >= 4 is 17.7 Å². The van der Waals surface area contributed by atoms with Crippen LogP contribution in [-0.4, -0.2) is 36.1 Å². The van der Waals surface area contributed by atoms with Gasteiger partial charge in [0.1, 0.15) is 5.75 Å². The van der Waals surface area contributed by atoms with Gasteiger partial charge in [0, 0.05) is 12.6 Å². The Hall–Kier alpha value is -3.30. The van der Waals surface area contributed by atoms with E-state index in [9.17, 15) is 9.59 Å². The van der Waals surface area contributed by atoms with Gasteiger partial charge in [-0.15, -0.1) is 5.10 Å². The summed E-state index contributed by atoms with van der Waals surface area (Å²) in [4.78, 5) is 24.6. The van der Waals surface area contributed by atoms with E-state index in [0.29, 0.717) is 17.9 Å². The molecule has 9 nitrogen and oxygen atoms in total. The van der Waals surface area contributed by atoms with Crippen LogP contribution in [0.1, 0.15) is 24.4 Å². The molecule has 0 saturated carbocycles. The first-order valence-electron chi connectivity index (χ1n) is 10.2. The standard InChI is InChI=1S/C22H23ClN4O5/c1-30-18-12-19(31-21(28)25-13-14-5-3-2-4-6-14)17(23)11-16(18)20-26-27(22(29)32-20)15-7-9-24-10-8-15/h2-6,11-12,15,24H,7-10,13H2,1H3,(H,25,28). The molecule has 32 heavy (non-hydrogen) atoms. The molecule has 168 valence electrons. The lowest BCUT2D eigenvalue weighted by molar-refractivity contribution is 0.200. The third-order valence-electron chi connectivity index (χ3n) is 5.19. The number of ether oxygens (including phenoxy) is 2. The number of aromatic nitrogens is 2. The van der Waals surface area contributed by atoms with Crippen LogP contribution in [0.5, 0.6) is 11.5 Å². The lowest BCUT2D eigenvalue weighted by Gasteiger charge is -2.21. The number of piperidine rings is 1. The monoisotopic (exact) mass is 458 g/mol. The highest BCUT2D eigenvalue weighted by Crippen LogP contribution is 2.38. The zero-order valence-corrected chi connectivity index (χ0v) is 18.2. The summed E-state index contributed by atoms with van der Waals surface area (Å²) in [6.45, 7) is 1.94. The molecule has 1 amide bonds. The lowest BCUT2D eigenvalue weighted by Crippen LogP contribution is -2.33. The maximum Gasteiger partial charge on any atom is 0.437 e. The highest BCUT2D eigenvalue weighted by Gasteiger charge is 2.24. The quantitative estimate of drug-likeness (QED) is 0.583. The number of nitrogens with one attached hydrogen (secondary N) is 2. The summed E-state index contributed by atoms with van der Waals surface area (Å²) in [5.41, 5.74) is 1.32. The van der Waals surface area contributed by atoms with Crippen LogP contribution < -0.4 is 25.9 Å². The van der Waals surface area contributed by atoms with Crippen LogP contribution in [0.2, 0.25) is 5.02 Å². The Morgan fingerprint density at radius 1 is 1.25 bits per heavy atom. The average Bonchev–Trinajstić information content (AvgIpc) is 3.21. The molecule has 2 N–H and O–H groups in total. The van der Waals surface area contributed by atoms with E-state index in [4.69, 9.17) is 25.5 Å². The van der Waals surface area contributed by atoms with Gasteiger partial charge < -0.3 is 24.5 Å². The molecular weight excluding hydrogens is 436 g/mol. The molecule has 1 aromatic heterocycles. The average molecular weight is 459 g/mol. The van der Waals surface area contributed by atoms with Crippen LogP contribution in [0.25, 0.3) is 11.5 Å². The number of benzene rings is 2. The van der Waals surface area contributed by atoms with E-state index in [0.717, 1.165) is 31.5 Å². The van der Waals surface area contributed by atoms with E-state index in [2.05, 4.69) is 15.7 Å². The zero-order valence-electron chi connectivity index (χ0n) is 17.5. The molecule has 2 heterocycles. The van der Waals surface area contributed by atoms with Gasteiger partial charge in [-0.3, -0.25) is 0 Å². The molecule has 0 aliphatic carbocycles. The van der Waals surface area contributed by atoms with Crippen LogP contribution in [0.15, 0.2) is 51.7 Å². The first kappa shape index (κ1) is 21.9. The Labute approximate surface area is 189 Å². The van der Waals surface area contributed by atoms with Crippen molar-refractivity contribution in [3.63, 3.8) is 0 Å². The van der Waals surface area contributed by atoms with E-state index in [1.54, 1.807) is 0 Å². The van der Waals surface area contributed by atoms with Crippen LogP contribution in [0.4, 0.5) is 4.79 Å². The van der Waals surface area contributed by atoms with E-state index < -0.39 is 11.8 Å². The Balaban J connectivity index is 1.52. The second-order valence-corrected chi connectivity index (χ2v) is 7.72. The Morgan fingerprint density at radius 2 is 2.00 bits per heavy atom. The van der Waals surface area contributed by atoms with Crippen molar-refractivity contribution in [2.45, 2.75) is 25.4 Å². The first-order chi connectivity index (χ1) is 15.5. The van der Waals surface area contributed by atoms with Gasteiger partial charge in [-0.2, -0.15) is 4.68 Å². The van der Waals surface area contributed by atoms with Gasteiger partial charge in [-0.05, 0) is 37.6 Å². The predicted octanol–water partition coefficient (Wildman–Crippen LogP) is 3.38. The van der Waals surface area contributed by atoms with Crippen molar-refractivity contribution in [3.05, 3.63) is 63.6 Å². The molecule has 1 aliphatic rings. The Bertz CT molecular complexity index is 1140. The number of hydrogen-bond acceptors (Lipinski definition) is 7. The summed E-state index contributed by atoms with van der Waals surface area (Å²) in [5.74, 6) is -0.0324. The SMILES string of the molecule is COc1cc(OC(=O)NCc2ccccc2)c(Cl)cc1-c1nn(C2CCNCC2)c(=O)o1. The van der Waals surface area contributed by atoms with Gasteiger partial charge in [0.25, 0.3) is 5.89 Å².